The zero-order valence-corrected chi connectivity index (χ0v) is 21.8. The fourth-order valence-electron chi connectivity index (χ4n) is 3.67. The van der Waals surface area contributed by atoms with Crippen molar-refractivity contribution in [2.24, 2.45) is 5.92 Å². The summed E-state index contributed by atoms with van der Waals surface area (Å²) in [6, 6.07) is 7.96. The van der Waals surface area contributed by atoms with E-state index in [-0.39, 0.29) is 17.9 Å². The lowest BCUT2D eigenvalue weighted by Crippen LogP contribution is -2.42. The van der Waals surface area contributed by atoms with Gasteiger partial charge in [-0.15, -0.1) is 0 Å². The van der Waals surface area contributed by atoms with E-state index in [0.717, 1.165) is 40.4 Å². The van der Waals surface area contributed by atoms with Crippen molar-refractivity contribution < 1.29 is 14.3 Å². The van der Waals surface area contributed by atoms with Crippen LogP contribution < -0.4 is 10.7 Å². The second-order valence-electron chi connectivity index (χ2n) is 10.7. The third-order valence-electron chi connectivity index (χ3n) is 5.54. The molecule has 0 saturated heterocycles. The highest BCUT2D eigenvalue weighted by molar-refractivity contribution is 5.94. The molecule has 2 N–H and O–H groups in total. The van der Waals surface area contributed by atoms with Gasteiger partial charge in [-0.3, -0.25) is 15.2 Å². The summed E-state index contributed by atoms with van der Waals surface area (Å²) in [5.41, 5.74) is 6.38. The van der Waals surface area contributed by atoms with Crippen LogP contribution >= 0.6 is 0 Å². The van der Waals surface area contributed by atoms with Gasteiger partial charge < -0.3 is 10.1 Å². The summed E-state index contributed by atoms with van der Waals surface area (Å²) in [7, 11) is 0. The fourth-order valence-corrected chi connectivity index (χ4v) is 3.67. The highest BCUT2D eigenvalue weighted by Gasteiger charge is 2.25. The lowest BCUT2D eigenvalue weighted by atomic mass is 10.00. The molecule has 1 aliphatic carbocycles. The average molecular weight is 491 g/mol. The zero-order valence-electron chi connectivity index (χ0n) is 21.8. The van der Waals surface area contributed by atoms with E-state index >= 15 is 0 Å². The molecule has 0 spiro atoms. The Kier molecular flexibility index (Phi) is 7.10. The Morgan fingerprint density at radius 2 is 1.89 bits per heavy atom. The number of amides is 2. The van der Waals surface area contributed by atoms with Gasteiger partial charge in [-0.2, -0.15) is 0 Å². The standard InChI is InChI=1S/C27H34N6O3/c1-16(2)15-33(26(35)36-27(4,5)6)32-25-29-14-19-11-18(7-10-22(19)31-25)21-12-23(28-13-17(21)3)24(34)30-20-8-9-20/h7,10-14,16,20H,8-9,15H2,1-6H3,(H,30,34)(H,29,31,32). The van der Waals surface area contributed by atoms with Crippen LogP contribution in [0.3, 0.4) is 0 Å². The summed E-state index contributed by atoms with van der Waals surface area (Å²) < 4.78 is 5.52. The number of pyridine rings is 1. The first-order valence-corrected chi connectivity index (χ1v) is 12.3. The van der Waals surface area contributed by atoms with E-state index in [1.807, 2.05) is 65.8 Å². The molecule has 0 bridgehead atoms. The number of carbonyl (C=O) groups excluding carboxylic acids is 2. The van der Waals surface area contributed by atoms with Crippen LogP contribution in [0.4, 0.5) is 10.7 Å². The van der Waals surface area contributed by atoms with E-state index in [2.05, 4.69) is 25.7 Å². The molecule has 1 aromatic carbocycles. The van der Waals surface area contributed by atoms with Crippen molar-refractivity contribution in [3.63, 3.8) is 0 Å². The van der Waals surface area contributed by atoms with E-state index < -0.39 is 11.7 Å². The third-order valence-corrected chi connectivity index (χ3v) is 5.54. The number of hydrazine groups is 1. The Labute approximate surface area is 211 Å². The number of rotatable bonds is 7. The van der Waals surface area contributed by atoms with Crippen LogP contribution in [0.5, 0.6) is 0 Å². The topological polar surface area (TPSA) is 109 Å². The molecule has 3 aromatic rings. The van der Waals surface area contributed by atoms with Crippen molar-refractivity contribution in [1.29, 1.82) is 0 Å². The lowest BCUT2D eigenvalue weighted by Gasteiger charge is -2.28. The van der Waals surface area contributed by atoms with E-state index in [0.29, 0.717) is 18.2 Å². The molecular formula is C27H34N6O3. The summed E-state index contributed by atoms with van der Waals surface area (Å²) in [6.45, 7) is 11.9. The van der Waals surface area contributed by atoms with Gasteiger partial charge in [0.25, 0.3) is 5.91 Å². The number of fused-ring (bicyclic) bond motifs is 1. The van der Waals surface area contributed by atoms with Gasteiger partial charge in [0, 0.05) is 30.4 Å². The minimum Gasteiger partial charge on any atom is -0.442 e. The van der Waals surface area contributed by atoms with Gasteiger partial charge in [0.1, 0.15) is 11.3 Å². The number of nitrogens with zero attached hydrogens (tertiary/aromatic N) is 4. The maximum Gasteiger partial charge on any atom is 0.429 e. The molecule has 2 heterocycles. The number of hydrogen-bond donors (Lipinski definition) is 2. The minimum atomic E-state index is -0.613. The van der Waals surface area contributed by atoms with Gasteiger partial charge >= 0.3 is 6.09 Å². The van der Waals surface area contributed by atoms with Crippen molar-refractivity contribution in [3.8, 4) is 11.1 Å². The lowest BCUT2D eigenvalue weighted by molar-refractivity contribution is 0.0276. The molecule has 0 aliphatic heterocycles. The molecule has 9 heteroatoms. The summed E-state index contributed by atoms with van der Waals surface area (Å²) >= 11 is 0. The molecule has 1 aliphatic rings. The van der Waals surface area contributed by atoms with E-state index in [1.54, 1.807) is 12.4 Å². The molecule has 2 amide bonds. The Balaban J connectivity index is 1.57. The van der Waals surface area contributed by atoms with Crippen molar-refractivity contribution >= 4 is 28.9 Å². The van der Waals surface area contributed by atoms with Crippen LogP contribution in [0.15, 0.2) is 36.7 Å². The second-order valence-corrected chi connectivity index (χ2v) is 10.7. The first-order chi connectivity index (χ1) is 17.0. The molecule has 0 atom stereocenters. The average Bonchev–Trinajstić information content (AvgIpc) is 3.61. The Bertz CT molecular complexity index is 1280. The maximum absolute atomic E-state index is 12.7. The fraction of sp³-hybridized carbons (Fsp3) is 0.444. The van der Waals surface area contributed by atoms with Crippen LogP contribution in [0.2, 0.25) is 0 Å². The monoisotopic (exact) mass is 490 g/mol. The molecule has 36 heavy (non-hydrogen) atoms. The Morgan fingerprint density at radius 1 is 1.14 bits per heavy atom. The molecule has 190 valence electrons. The number of carbonyl (C=O) groups is 2. The predicted molar refractivity (Wildman–Crippen MR) is 139 cm³/mol. The number of anilines is 1. The van der Waals surface area contributed by atoms with Gasteiger partial charge in [0.2, 0.25) is 5.95 Å². The highest BCUT2D eigenvalue weighted by atomic mass is 16.6. The number of ether oxygens (including phenoxy) is 1. The van der Waals surface area contributed by atoms with Crippen LogP contribution in [0.25, 0.3) is 22.0 Å². The molecule has 2 aromatic heterocycles. The van der Waals surface area contributed by atoms with Gasteiger partial charge in [0.15, 0.2) is 0 Å². The first kappa shape index (κ1) is 25.3. The van der Waals surface area contributed by atoms with Crippen molar-refractivity contribution in [2.45, 2.75) is 66.0 Å². The van der Waals surface area contributed by atoms with E-state index in [4.69, 9.17) is 4.74 Å². The Morgan fingerprint density at radius 3 is 2.56 bits per heavy atom. The Hall–Kier alpha value is -3.75. The SMILES string of the molecule is Cc1cnc(C(=O)NC2CC2)cc1-c1ccc2nc(NN(CC(C)C)C(=O)OC(C)(C)C)ncc2c1. The van der Waals surface area contributed by atoms with Gasteiger partial charge in [0.05, 0.1) is 5.52 Å². The molecule has 4 rings (SSSR count). The van der Waals surface area contributed by atoms with Crippen molar-refractivity contribution in [1.82, 2.24) is 25.3 Å². The summed E-state index contributed by atoms with van der Waals surface area (Å²) in [4.78, 5) is 38.5. The van der Waals surface area contributed by atoms with Crippen LogP contribution in [0, 0.1) is 12.8 Å². The molecular weight excluding hydrogens is 456 g/mol. The first-order valence-electron chi connectivity index (χ1n) is 12.3. The number of benzene rings is 1. The number of aryl methyl sites for hydroxylation is 1. The van der Waals surface area contributed by atoms with Gasteiger partial charge in [-0.05, 0) is 81.3 Å². The summed E-state index contributed by atoms with van der Waals surface area (Å²) in [6.07, 6.45) is 5.02. The van der Waals surface area contributed by atoms with Gasteiger partial charge in [-0.1, -0.05) is 19.9 Å². The summed E-state index contributed by atoms with van der Waals surface area (Å²) in [5, 5.41) is 5.23. The number of aromatic nitrogens is 3. The number of nitrogens with one attached hydrogen (secondary N) is 2. The molecule has 1 saturated carbocycles. The quantitative estimate of drug-likeness (QED) is 0.443. The van der Waals surface area contributed by atoms with Crippen LogP contribution in [-0.2, 0) is 4.74 Å². The predicted octanol–water partition coefficient (Wildman–Crippen LogP) is 5.11. The maximum atomic E-state index is 12.7. The second kappa shape index (κ2) is 10.1. The zero-order chi connectivity index (χ0) is 26.0. The molecule has 0 unspecified atom stereocenters. The largest absolute Gasteiger partial charge is 0.442 e. The van der Waals surface area contributed by atoms with Crippen molar-refractivity contribution in [3.05, 3.63) is 47.9 Å². The van der Waals surface area contributed by atoms with Crippen LogP contribution in [0.1, 0.15) is 63.5 Å². The molecule has 0 radical (unpaired) electrons. The molecule has 1 fully saturated rings. The van der Waals surface area contributed by atoms with Gasteiger partial charge in [-0.25, -0.2) is 19.8 Å². The smallest absolute Gasteiger partial charge is 0.429 e. The normalized spacial score (nSPS) is 13.5. The minimum absolute atomic E-state index is 0.144. The summed E-state index contributed by atoms with van der Waals surface area (Å²) in [5.74, 6) is 0.378. The van der Waals surface area contributed by atoms with E-state index in [9.17, 15) is 9.59 Å². The van der Waals surface area contributed by atoms with E-state index in [1.165, 1.54) is 5.01 Å². The third kappa shape index (κ3) is 6.47. The highest BCUT2D eigenvalue weighted by Crippen LogP contribution is 2.28. The van der Waals surface area contributed by atoms with Crippen LogP contribution in [-0.4, -0.2) is 50.1 Å². The van der Waals surface area contributed by atoms with Crippen molar-refractivity contribution in [2.75, 3.05) is 12.0 Å². The number of hydrogen-bond acceptors (Lipinski definition) is 7. The molecule has 9 nitrogen and oxygen atoms in total.